The highest BCUT2D eigenvalue weighted by atomic mass is 16.5. The molecule has 0 radical (unpaired) electrons. The summed E-state index contributed by atoms with van der Waals surface area (Å²) in [7, 11) is 1.82. The number of hydrogen-bond acceptors (Lipinski definition) is 5. The molecule has 18 heavy (non-hydrogen) atoms. The Morgan fingerprint density at radius 1 is 1.17 bits per heavy atom. The summed E-state index contributed by atoms with van der Waals surface area (Å²) in [5.74, 6) is 0. The number of ether oxygens (including phenoxy) is 2. The van der Waals surface area contributed by atoms with Gasteiger partial charge in [-0.3, -0.25) is 9.80 Å². The van der Waals surface area contributed by atoms with Gasteiger partial charge in [0.05, 0.1) is 25.9 Å². The molecule has 0 saturated carbocycles. The number of aliphatic hydroxyl groups is 1. The maximum atomic E-state index is 8.60. The van der Waals surface area contributed by atoms with Crippen LogP contribution in [0.15, 0.2) is 0 Å². The van der Waals surface area contributed by atoms with E-state index in [-0.39, 0.29) is 6.61 Å². The molecule has 2 aliphatic rings. The molecule has 1 N–H and O–H groups in total. The molecule has 2 saturated heterocycles. The number of hydrogen-bond donors (Lipinski definition) is 1. The van der Waals surface area contributed by atoms with E-state index in [4.69, 9.17) is 14.6 Å². The van der Waals surface area contributed by atoms with Gasteiger partial charge in [-0.1, -0.05) is 0 Å². The highest BCUT2D eigenvalue weighted by Gasteiger charge is 2.33. The molecule has 0 aromatic carbocycles. The van der Waals surface area contributed by atoms with Gasteiger partial charge in [-0.2, -0.15) is 0 Å². The van der Waals surface area contributed by atoms with E-state index in [1.54, 1.807) is 0 Å². The summed E-state index contributed by atoms with van der Waals surface area (Å²) < 4.78 is 10.7. The Morgan fingerprint density at radius 2 is 1.89 bits per heavy atom. The molecule has 0 aromatic heterocycles. The summed E-state index contributed by atoms with van der Waals surface area (Å²) in [6.07, 6.45) is 2.82. The van der Waals surface area contributed by atoms with Crippen molar-refractivity contribution in [3.05, 3.63) is 0 Å². The summed E-state index contributed by atoms with van der Waals surface area (Å²) in [6.45, 7) is 7.00. The van der Waals surface area contributed by atoms with Crippen molar-refractivity contribution in [2.75, 3.05) is 59.7 Å². The monoisotopic (exact) mass is 258 g/mol. The Morgan fingerprint density at radius 3 is 2.50 bits per heavy atom. The third kappa shape index (κ3) is 3.90. The minimum Gasteiger partial charge on any atom is -0.394 e. The van der Waals surface area contributed by atoms with Crippen molar-refractivity contribution in [1.29, 1.82) is 0 Å². The van der Waals surface area contributed by atoms with Crippen LogP contribution in [0.5, 0.6) is 0 Å². The molecule has 2 fully saturated rings. The van der Waals surface area contributed by atoms with Crippen molar-refractivity contribution in [2.24, 2.45) is 0 Å². The lowest BCUT2D eigenvalue weighted by molar-refractivity contribution is -0.0262. The van der Waals surface area contributed by atoms with Crippen LogP contribution < -0.4 is 0 Å². The lowest BCUT2D eigenvalue weighted by atomic mass is 10.0. The standard InChI is InChI=1S/C13H26N2O3/c1-17-13-2-4-15(5-3-13)12-10-14(11-12)6-8-18-9-7-16/h12-13,16H,2-11H2,1H3. The lowest BCUT2D eigenvalue weighted by Gasteiger charge is -2.47. The van der Waals surface area contributed by atoms with Gasteiger partial charge < -0.3 is 14.6 Å². The summed E-state index contributed by atoms with van der Waals surface area (Å²) in [4.78, 5) is 5.02. The largest absolute Gasteiger partial charge is 0.394 e. The molecular formula is C13H26N2O3. The van der Waals surface area contributed by atoms with E-state index in [1.165, 1.54) is 39.0 Å². The number of likely N-dealkylation sites (tertiary alicyclic amines) is 2. The van der Waals surface area contributed by atoms with Crippen LogP contribution in [0.3, 0.4) is 0 Å². The molecule has 0 aromatic rings. The number of piperidine rings is 1. The van der Waals surface area contributed by atoms with Crippen LogP contribution in [0.2, 0.25) is 0 Å². The van der Waals surface area contributed by atoms with Gasteiger partial charge in [-0.25, -0.2) is 0 Å². The SMILES string of the molecule is COC1CCN(C2CN(CCOCCO)C2)CC1. The maximum absolute atomic E-state index is 8.60. The van der Waals surface area contributed by atoms with Crippen molar-refractivity contribution >= 4 is 0 Å². The fourth-order valence-corrected chi connectivity index (χ4v) is 2.79. The van der Waals surface area contributed by atoms with Gasteiger partial charge in [0.1, 0.15) is 0 Å². The first-order valence-corrected chi connectivity index (χ1v) is 7.01. The second kappa shape index (κ2) is 7.40. The van der Waals surface area contributed by atoms with Crippen LogP contribution in [-0.4, -0.2) is 86.7 Å². The van der Waals surface area contributed by atoms with E-state index >= 15 is 0 Å². The zero-order valence-corrected chi connectivity index (χ0v) is 11.4. The Bertz CT molecular complexity index is 226. The van der Waals surface area contributed by atoms with Crippen LogP contribution in [0, 0.1) is 0 Å². The second-order valence-electron chi connectivity index (χ2n) is 5.22. The highest BCUT2D eigenvalue weighted by molar-refractivity contribution is 4.90. The molecule has 0 atom stereocenters. The van der Waals surface area contributed by atoms with Gasteiger partial charge in [-0.15, -0.1) is 0 Å². The number of nitrogens with zero attached hydrogens (tertiary/aromatic N) is 2. The molecule has 2 rings (SSSR count). The van der Waals surface area contributed by atoms with Crippen molar-refractivity contribution in [3.63, 3.8) is 0 Å². The van der Waals surface area contributed by atoms with E-state index in [0.717, 1.165) is 19.2 Å². The molecule has 0 aliphatic carbocycles. The molecule has 2 aliphatic heterocycles. The van der Waals surface area contributed by atoms with Crippen LogP contribution in [0.4, 0.5) is 0 Å². The molecule has 5 nitrogen and oxygen atoms in total. The Kier molecular flexibility index (Phi) is 5.85. The average Bonchev–Trinajstić information content (AvgIpc) is 2.37. The average molecular weight is 258 g/mol. The van der Waals surface area contributed by atoms with Crippen LogP contribution in [-0.2, 0) is 9.47 Å². The van der Waals surface area contributed by atoms with Crippen molar-refractivity contribution in [3.8, 4) is 0 Å². The third-order valence-corrected chi connectivity index (χ3v) is 4.05. The lowest BCUT2D eigenvalue weighted by Crippen LogP contribution is -2.61. The van der Waals surface area contributed by atoms with Gasteiger partial charge in [0, 0.05) is 45.9 Å². The fraction of sp³-hybridized carbons (Fsp3) is 1.00. The smallest absolute Gasteiger partial charge is 0.0698 e. The van der Waals surface area contributed by atoms with Crippen LogP contribution in [0.1, 0.15) is 12.8 Å². The van der Waals surface area contributed by atoms with Gasteiger partial charge in [0.25, 0.3) is 0 Å². The molecule has 0 spiro atoms. The van der Waals surface area contributed by atoms with E-state index in [2.05, 4.69) is 9.80 Å². The Hall–Kier alpha value is -0.200. The van der Waals surface area contributed by atoms with Gasteiger partial charge in [0.2, 0.25) is 0 Å². The highest BCUT2D eigenvalue weighted by Crippen LogP contribution is 2.20. The quantitative estimate of drug-likeness (QED) is 0.640. The molecular weight excluding hydrogens is 232 g/mol. The normalized spacial score (nSPS) is 24.3. The van der Waals surface area contributed by atoms with Crippen molar-refractivity contribution < 1.29 is 14.6 Å². The van der Waals surface area contributed by atoms with Gasteiger partial charge in [0.15, 0.2) is 0 Å². The number of methoxy groups -OCH3 is 1. The molecule has 0 unspecified atom stereocenters. The van der Waals surface area contributed by atoms with Crippen molar-refractivity contribution in [2.45, 2.75) is 25.0 Å². The van der Waals surface area contributed by atoms with E-state index < -0.39 is 0 Å². The molecule has 0 bridgehead atoms. The summed E-state index contributed by atoms with van der Waals surface area (Å²) in [6, 6.07) is 0.737. The first-order chi connectivity index (χ1) is 8.83. The number of aliphatic hydroxyl groups excluding tert-OH is 1. The van der Waals surface area contributed by atoms with Gasteiger partial charge >= 0.3 is 0 Å². The number of rotatable bonds is 7. The van der Waals surface area contributed by atoms with Gasteiger partial charge in [-0.05, 0) is 12.8 Å². The zero-order valence-electron chi connectivity index (χ0n) is 11.4. The minimum atomic E-state index is 0.122. The Labute approximate surface area is 110 Å². The first kappa shape index (κ1) is 14.2. The Balaban J connectivity index is 1.53. The molecule has 5 heteroatoms. The topological polar surface area (TPSA) is 45.2 Å². The van der Waals surface area contributed by atoms with E-state index in [0.29, 0.717) is 12.7 Å². The van der Waals surface area contributed by atoms with Crippen LogP contribution in [0.25, 0.3) is 0 Å². The zero-order chi connectivity index (χ0) is 12.8. The molecule has 106 valence electrons. The second-order valence-corrected chi connectivity index (χ2v) is 5.22. The van der Waals surface area contributed by atoms with Crippen LogP contribution >= 0.6 is 0 Å². The minimum absolute atomic E-state index is 0.122. The predicted molar refractivity (Wildman–Crippen MR) is 69.7 cm³/mol. The maximum Gasteiger partial charge on any atom is 0.0698 e. The van der Waals surface area contributed by atoms with Crippen molar-refractivity contribution in [1.82, 2.24) is 9.80 Å². The van der Waals surface area contributed by atoms with E-state index in [9.17, 15) is 0 Å². The summed E-state index contributed by atoms with van der Waals surface area (Å²) in [5.41, 5.74) is 0. The molecule has 0 amide bonds. The summed E-state index contributed by atoms with van der Waals surface area (Å²) >= 11 is 0. The molecule has 2 heterocycles. The fourth-order valence-electron chi connectivity index (χ4n) is 2.79. The van der Waals surface area contributed by atoms with E-state index in [1.807, 2.05) is 7.11 Å². The predicted octanol–water partition coefficient (Wildman–Crippen LogP) is -0.210. The first-order valence-electron chi connectivity index (χ1n) is 7.01. The third-order valence-electron chi connectivity index (χ3n) is 4.05. The summed E-state index contributed by atoms with van der Waals surface area (Å²) in [5, 5.41) is 8.60.